The van der Waals surface area contributed by atoms with Gasteiger partial charge in [-0.25, -0.2) is 9.67 Å². The topological polar surface area (TPSA) is 59.8 Å². The summed E-state index contributed by atoms with van der Waals surface area (Å²) in [6.45, 7) is 3.95. The minimum Gasteiger partial charge on any atom is -0.319 e. The number of aromatic nitrogens is 3. The van der Waals surface area contributed by atoms with E-state index in [1.165, 1.54) is 0 Å². The van der Waals surface area contributed by atoms with Crippen molar-refractivity contribution >= 4 is 43.5 Å². The van der Waals surface area contributed by atoms with Gasteiger partial charge in [0.15, 0.2) is 5.82 Å². The monoisotopic (exact) mass is 524 g/mol. The van der Waals surface area contributed by atoms with E-state index in [1.54, 1.807) is 4.68 Å². The number of amides is 1. The molecule has 7 heteroatoms. The Morgan fingerprint density at radius 1 is 0.933 bits per heavy atom. The zero-order valence-electron chi connectivity index (χ0n) is 16.4. The van der Waals surface area contributed by atoms with Crippen LogP contribution < -0.4 is 5.32 Å². The normalized spacial score (nSPS) is 10.8. The standard InChI is InChI=1S/C23H18Br2N4O/c1-14-4-3-5-19(12-14)29-22(16-6-8-17(24)9-7-16)27-21(28-29)23(30)26-20-11-10-18(25)13-15(20)2/h3-13H,1-2H3,(H,26,30). The van der Waals surface area contributed by atoms with Crippen LogP contribution >= 0.6 is 31.9 Å². The molecule has 1 N–H and O–H groups in total. The van der Waals surface area contributed by atoms with Crippen LogP contribution in [-0.2, 0) is 0 Å². The van der Waals surface area contributed by atoms with Crippen LogP contribution in [0, 0.1) is 13.8 Å². The molecule has 0 fully saturated rings. The Morgan fingerprint density at radius 2 is 1.67 bits per heavy atom. The van der Waals surface area contributed by atoms with E-state index in [-0.39, 0.29) is 11.7 Å². The summed E-state index contributed by atoms with van der Waals surface area (Å²) in [6.07, 6.45) is 0. The van der Waals surface area contributed by atoms with Gasteiger partial charge in [-0.15, -0.1) is 5.10 Å². The highest BCUT2D eigenvalue weighted by molar-refractivity contribution is 9.10. The van der Waals surface area contributed by atoms with Gasteiger partial charge in [-0.2, -0.15) is 0 Å². The first-order chi connectivity index (χ1) is 14.4. The van der Waals surface area contributed by atoms with Gasteiger partial charge in [0.1, 0.15) is 0 Å². The zero-order valence-corrected chi connectivity index (χ0v) is 19.5. The number of carbonyl (C=O) groups is 1. The van der Waals surface area contributed by atoms with Gasteiger partial charge in [0, 0.05) is 20.2 Å². The van der Waals surface area contributed by atoms with Crippen LogP contribution in [0.25, 0.3) is 17.1 Å². The van der Waals surface area contributed by atoms with Gasteiger partial charge < -0.3 is 5.32 Å². The Kier molecular flexibility index (Phi) is 5.83. The first-order valence-corrected chi connectivity index (χ1v) is 10.9. The summed E-state index contributed by atoms with van der Waals surface area (Å²) < 4.78 is 3.63. The highest BCUT2D eigenvalue weighted by Crippen LogP contribution is 2.25. The van der Waals surface area contributed by atoms with Crippen molar-refractivity contribution in [1.82, 2.24) is 14.8 Å². The van der Waals surface area contributed by atoms with E-state index < -0.39 is 0 Å². The lowest BCUT2D eigenvalue weighted by Gasteiger charge is -2.07. The fourth-order valence-electron chi connectivity index (χ4n) is 3.08. The quantitative estimate of drug-likeness (QED) is 0.338. The Balaban J connectivity index is 1.76. The molecular formula is C23H18Br2N4O. The molecule has 0 bridgehead atoms. The SMILES string of the molecule is Cc1cccc(-n2nc(C(=O)Nc3ccc(Br)cc3C)nc2-c2ccc(Br)cc2)c1. The number of halogens is 2. The molecule has 0 aliphatic heterocycles. The van der Waals surface area contributed by atoms with Gasteiger partial charge in [0.25, 0.3) is 5.91 Å². The number of nitrogens with zero attached hydrogens (tertiary/aromatic N) is 3. The van der Waals surface area contributed by atoms with Crippen molar-refractivity contribution in [3.05, 3.63) is 92.6 Å². The van der Waals surface area contributed by atoms with Crippen LogP contribution in [0.1, 0.15) is 21.7 Å². The van der Waals surface area contributed by atoms with Crippen LogP contribution in [0.2, 0.25) is 0 Å². The molecule has 1 aromatic heterocycles. The van der Waals surface area contributed by atoms with E-state index >= 15 is 0 Å². The molecule has 3 aromatic carbocycles. The average Bonchev–Trinajstić information content (AvgIpc) is 3.16. The molecule has 0 saturated carbocycles. The second-order valence-corrected chi connectivity index (χ2v) is 8.76. The van der Waals surface area contributed by atoms with Crippen molar-refractivity contribution in [2.75, 3.05) is 5.32 Å². The maximum Gasteiger partial charge on any atom is 0.295 e. The first kappa shape index (κ1) is 20.5. The molecular weight excluding hydrogens is 508 g/mol. The molecule has 0 atom stereocenters. The van der Waals surface area contributed by atoms with E-state index in [0.29, 0.717) is 5.82 Å². The molecule has 4 aromatic rings. The van der Waals surface area contributed by atoms with Crippen LogP contribution in [0.5, 0.6) is 0 Å². The number of hydrogen-bond donors (Lipinski definition) is 1. The lowest BCUT2D eigenvalue weighted by atomic mass is 10.2. The van der Waals surface area contributed by atoms with E-state index in [1.807, 2.05) is 80.6 Å². The van der Waals surface area contributed by atoms with E-state index in [9.17, 15) is 4.79 Å². The van der Waals surface area contributed by atoms with E-state index in [2.05, 4.69) is 47.3 Å². The van der Waals surface area contributed by atoms with Crippen LogP contribution in [-0.4, -0.2) is 20.7 Å². The molecule has 30 heavy (non-hydrogen) atoms. The zero-order chi connectivity index (χ0) is 21.3. The Labute approximate surface area is 191 Å². The first-order valence-electron chi connectivity index (χ1n) is 9.28. The van der Waals surface area contributed by atoms with Gasteiger partial charge in [0.2, 0.25) is 5.82 Å². The Bertz CT molecular complexity index is 1230. The van der Waals surface area contributed by atoms with Crippen LogP contribution in [0.15, 0.2) is 75.7 Å². The lowest BCUT2D eigenvalue weighted by molar-refractivity contribution is 0.101. The minimum atomic E-state index is -0.356. The fraction of sp³-hybridized carbons (Fsp3) is 0.0870. The molecule has 0 spiro atoms. The molecule has 150 valence electrons. The van der Waals surface area contributed by atoms with Gasteiger partial charge in [-0.1, -0.05) is 56.1 Å². The van der Waals surface area contributed by atoms with Crippen molar-refractivity contribution in [3.8, 4) is 17.1 Å². The number of benzene rings is 3. The summed E-state index contributed by atoms with van der Waals surface area (Å²) in [7, 11) is 0. The molecule has 0 saturated heterocycles. The molecule has 5 nitrogen and oxygen atoms in total. The van der Waals surface area contributed by atoms with E-state index in [4.69, 9.17) is 0 Å². The highest BCUT2D eigenvalue weighted by atomic mass is 79.9. The van der Waals surface area contributed by atoms with Crippen molar-refractivity contribution in [3.63, 3.8) is 0 Å². The maximum atomic E-state index is 12.9. The second-order valence-electron chi connectivity index (χ2n) is 6.93. The maximum absolute atomic E-state index is 12.9. The summed E-state index contributed by atoms with van der Waals surface area (Å²) in [5, 5.41) is 7.45. The largest absolute Gasteiger partial charge is 0.319 e. The number of aryl methyl sites for hydroxylation is 2. The number of anilines is 1. The molecule has 0 unspecified atom stereocenters. The number of nitrogens with one attached hydrogen (secondary N) is 1. The third kappa shape index (κ3) is 4.37. The highest BCUT2D eigenvalue weighted by Gasteiger charge is 2.19. The molecule has 0 aliphatic rings. The molecule has 0 aliphatic carbocycles. The Morgan fingerprint density at radius 3 is 2.37 bits per heavy atom. The number of hydrogen-bond acceptors (Lipinski definition) is 3. The van der Waals surface area contributed by atoms with E-state index in [0.717, 1.165) is 37.0 Å². The van der Waals surface area contributed by atoms with Crippen molar-refractivity contribution in [2.45, 2.75) is 13.8 Å². The molecule has 0 radical (unpaired) electrons. The van der Waals surface area contributed by atoms with Crippen molar-refractivity contribution in [1.29, 1.82) is 0 Å². The predicted octanol–water partition coefficient (Wildman–Crippen LogP) is 6.33. The summed E-state index contributed by atoms with van der Waals surface area (Å²) in [5.74, 6) is 0.354. The van der Waals surface area contributed by atoms with Gasteiger partial charge >= 0.3 is 0 Å². The Hall–Kier alpha value is -2.77. The lowest BCUT2D eigenvalue weighted by Crippen LogP contribution is -2.15. The molecule has 1 heterocycles. The summed E-state index contributed by atoms with van der Waals surface area (Å²) in [5.41, 5.74) is 4.48. The fourth-order valence-corrected chi connectivity index (χ4v) is 3.82. The average molecular weight is 526 g/mol. The predicted molar refractivity (Wildman–Crippen MR) is 126 cm³/mol. The van der Waals surface area contributed by atoms with Crippen LogP contribution in [0.4, 0.5) is 5.69 Å². The van der Waals surface area contributed by atoms with Crippen LogP contribution in [0.3, 0.4) is 0 Å². The smallest absolute Gasteiger partial charge is 0.295 e. The van der Waals surface area contributed by atoms with Gasteiger partial charge in [-0.05, 0) is 67.4 Å². The second kappa shape index (κ2) is 8.53. The molecule has 4 rings (SSSR count). The van der Waals surface area contributed by atoms with Gasteiger partial charge in [0.05, 0.1) is 5.69 Å². The van der Waals surface area contributed by atoms with Crippen molar-refractivity contribution in [2.24, 2.45) is 0 Å². The van der Waals surface area contributed by atoms with Gasteiger partial charge in [-0.3, -0.25) is 4.79 Å². The molecule has 1 amide bonds. The minimum absolute atomic E-state index is 0.108. The third-order valence-electron chi connectivity index (χ3n) is 4.60. The summed E-state index contributed by atoms with van der Waals surface area (Å²) >= 11 is 6.90. The number of carbonyl (C=O) groups excluding carboxylic acids is 1. The number of rotatable bonds is 4. The summed E-state index contributed by atoms with van der Waals surface area (Å²) in [4.78, 5) is 17.5. The summed E-state index contributed by atoms with van der Waals surface area (Å²) in [6, 6.07) is 21.4. The van der Waals surface area contributed by atoms with Crippen molar-refractivity contribution < 1.29 is 4.79 Å². The third-order valence-corrected chi connectivity index (χ3v) is 5.62.